The van der Waals surface area contributed by atoms with E-state index in [1.54, 1.807) is 25.1 Å². The minimum absolute atomic E-state index is 0.00553. The first kappa shape index (κ1) is 28.5. The lowest BCUT2D eigenvalue weighted by atomic mass is 10.1. The number of hydrogen-bond acceptors (Lipinski definition) is 4. The Morgan fingerprint density at radius 2 is 1.49 bits per heavy atom. The van der Waals surface area contributed by atoms with Crippen LogP contribution in [0.3, 0.4) is 0 Å². The van der Waals surface area contributed by atoms with Crippen LogP contribution in [-0.2, 0) is 26.2 Å². The van der Waals surface area contributed by atoms with Gasteiger partial charge in [0.2, 0.25) is 11.8 Å². The molecular weight excluding hydrogens is 533 g/mol. The lowest BCUT2D eigenvalue weighted by molar-refractivity contribution is -0.139. The maximum atomic E-state index is 13.8. The number of carbonyl (C=O) groups is 2. The number of nitrogens with one attached hydrogen (secondary N) is 1. The highest BCUT2D eigenvalue weighted by molar-refractivity contribution is 7.92. The molecule has 3 rings (SSSR count). The molecule has 3 aromatic carbocycles. The van der Waals surface area contributed by atoms with Gasteiger partial charge in [-0.15, -0.1) is 0 Å². The molecule has 0 saturated heterocycles. The molecule has 0 aromatic heterocycles. The quantitative estimate of drug-likeness (QED) is 0.371. The summed E-state index contributed by atoms with van der Waals surface area (Å²) in [5.74, 6) is -0.915. The number of rotatable bonds is 10. The van der Waals surface area contributed by atoms with Gasteiger partial charge in [-0.3, -0.25) is 13.9 Å². The van der Waals surface area contributed by atoms with Gasteiger partial charge in [0.05, 0.1) is 15.6 Å². The highest BCUT2D eigenvalue weighted by atomic mass is 35.5. The molecule has 0 aliphatic carbocycles. The molecule has 0 saturated carbocycles. The van der Waals surface area contributed by atoms with E-state index in [-0.39, 0.29) is 34.1 Å². The van der Waals surface area contributed by atoms with Crippen molar-refractivity contribution in [2.24, 2.45) is 0 Å². The summed E-state index contributed by atoms with van der Waals surface area (Å²) in [6.45, 7) is 4.80. The van der Waals surface area contributed by atoms with Crippen molar-refractivity contribution in [3.05, 3.63) is 94.5 Å². The van der Waals surface area contributed by atoms with Gasteiger partial charge in [-0.25, -0.2) is 8.42 Å². The van der Waals surface area contributed by atoms with Crippen molar-refractivity contribution in [2.75, 3.05) is 10.8 Å². The number of anilines is 1. The first-order valence-corrected chi connectivity index (χ1v) is 13.9. The standard InChI is InChI=1S/C27H29Cl2N3O4S/c1-19(2)30-27(34)20(3)31(17-21-10-6-4-7-11-21)26(33)18-32(25-15-14-22(28)16-24(25)29)37(35,36)23-12-8-5-9-13-23/h4-16,19-20H,17-18H2,1-3H3,(H,30,34). The van der Waals surface area contributed by atoms with Crippen LogP contribution in [0, 0.1) is 0 Å². The fourth-order valence-corrected chi connectivity index (χ4v) is 5.70. The summed E-state index contributed by atoms with van der Waals surface area (Å²) in [6.07, 6.45) is 0. The van der Waals surface area contributed by atoms with Gasteiger partial charge in [-0.2, -0.15) is 0 Å². The van der Waals surface area contributed by atoms with Crippen molar-refractivity contribution in [1.29, 1.82) is 0 Å². The normalized spacial score (nSPS) is 12.2. The minimum Gasteiger partial charge on any atom is -0.352 e. The van der Waals surface area contributed by atoms with Crippen LogP contribution < -0.4 is 9.62 Å². The maximum absolute atomic E-state index is 13.8. The Morgan fingerprint density at radius 3 is 2.05 bits per heavy atom. The summed E-state index contributed by atoms with van der Waals surface area (Å²) >= 11 is 12.4. The van der Waals surface area contributed by atoms with E-state index in [9.17, 15) is 18.0 Å². The van der Waals surface area contributed by atoms with Gasteiger partial charge in [0.15, 0.2) is 0 Å². The third-order valence-corrected chi connectivity index (χ3v) is 7.89. The van der Waals surface area contributed by atoms with Crippen molar-refractivity contribution in [3.8, 4) is 0 Å². The monoisotopic (exact) mass is 561 g/mol. The van der Waals surface area contributed by atoms with Gasteiger partial charge in [-0.1, -0.05) is 71.7 Å². The second kappa shape index (κ2) is 12.4. The summed E-state index contributed by atoms with van der Waals surface area (Å²) in [5.41, 5.74) is 0.893. The molecule has 0 heterocycles. The molecule has 0 fully saturated rings. The fourth-order valence-electron chi connectivity index (χ4n) is 3.68. The number of carbonyl (C=O) groups excluding carboxylic acids is 2. The van der Waals surface area contributed by atoms with Crippen LogP contribution in [0.4, 0.5) is 5.69 Å². The number of amides is 2. The van der Waals surface area contributed by atoms with Gasteiger partial charge < -0.3 is 10.2 Å². The van der Waals surface area contributed by atoms with Crippen molar-refractivity contribution in [2.45, 2.75) is 44.3 Å². The summed E-state index contributed by atoms with van der Waals surface area (Å²) < 4.78 is 28.4. The molecule has 0 bridgehead atoms. The largest absolute Gasteiger partial charge is 0.352 e. The SMILES string of the molecule is CC(C)NC(=O)C(C)N(Cc1ccccc1)C(=O)CN(c1ccc(Cl)cc1Cl)S(=O)(=O)c1ccccc1. The molecule has 0 aliphatic heterocycles. The van der Waals surface area contributed by atoms with Crippen LogP contribution in [-0.4, -0.2) is 43.8 Å². The lowest BCUT2D eigenvalue weighted by Gasteiger charge is -2.32. The highest BCUT2D eigenvalue weighted by Crippen LogP contribution is 2.33. The van der Waals surface area contributed by atoms with E-state index in [0.717, 1.165) is 9.87 Å². The van der Waals surface area contributed by atoms with E-state index in [1.165, 1.54) is 35.2 Å². The van der Waals surface area contributed by atoms with E-state index in [1.807, 2.05) is 44.2 Å². The molecule has 1 unspecified atom stereocenters. The predicted molar refractivity (Wildman–Crippen MR) is 147 cm³/mol. The third-order valence-electron chi connectivity index (χ3n) is 5.58. The van der Waals surface area contributed by atoms with E-state index < -0.39 is 28.5 Å². The van der Waals surface area contributed by atoms with Gasteiger partial charge in [0.1, 0.15) is 12.6 Å². The van der Waals surface area contributed by atoms with Crippen LogP contribution in [0.25, 0.3) is 0 Å². The molecule has 37 heavy (non-hydrogen) atoms. The molecule has 0 aliphatic rings. The Hall–Kier alpha value is -3.07. The predicted octanol–water partition coefficient (Wildman–Crippen LogP) is 5.13. The van der Waals surface area contributed by atoms with E-state index >= 15 is 0 Å². The summed E-state index contributed by atoms with van der Waals surface area (Å²) in [5, 5.41) is 3.21. The third kappa shape index (κ3) is 7.25. The number of benzene rings is 3. The van der Waals surface area contributed by atoms with Gasteiger partial charge >= 0.3 is 0 Å². The van der Waals surface area contributed by atoms with E-state index in [2.05, 4.69) is 5.32 Å². The average Bonchev–Trinajstić information content (AvgIpc) is 2.86. The smallest absolute Gasteiger partial charge is 0.264 e. The molecule has 7 nitrogen and oxygen atoms in total. The molecule has 0 radical (unpaired) electrons. The van der Waals surface area contributed by atoms with Crippen molar-refractivity contribution >= 4 is 50.7 Å². The summed E-state index contributed by atoms with van der Waals surface area (Å²) in [4.78, 5) is 28.0. The second-order valence-electron chi connectivity index (χ2n) is 8.77. The van der Waals surface area contributed by atoms with Crippen LogP contribution in [0.15, 0.2) is 83.8 Å². The minimum atomic E-state index is -4.20. The average molecular weight is 563 g/mol. The zero-order valence-electron chi connectivity index (χ0n) is 20.8. The van der Waals surface area contributed by atoms with Crippen LogP contribution in [0.2, 0.25) is 10.0 Å². The molecule has 1 N–H and O–H groups in total. The Kier molecular flexibility index (Phi) is 9.59. The lowest BCUT2D eigenvalue weighted by Crippen LogP contribution is -2.52. The first-order valence-electron chi connectivity index (χ1n) is 11.7. The number of nitrogens with zero attached hydrogens (tertiary/aromatic N) is 2. The van der Waals surface area contributed by atoms with Crippen LogP contribution in [0.5, 0.6) is 0 Å². The van der Waals surface area contributed by atoms with E-state index in [0.29, 0.717) is 5.02 Å². The van der Waals surface area contributed by atoms with E-state index in [4.69, 9.17) is 23.2 Å². The number of sulfonamides is 1. The van der Waals surface area contributed by atoms with Crippen LogP contribution in [0.1, 0.15) is 26.3 Å². The Bertz CT molecular complexity index is 1340. The van der Waals surface area contributed by atoms with Crippen molar-refractivity contribution in [1.82, 2.24) is 10.2 Å². The number of hydrogen-bond donors (Lipinski definition) is 1. The number of halogens is 2. The Morgan fingerprint density at radius 1 is 0.892 bits per heavy atom. The van der Waals surface area contributed by atoms with Gasteiger partial charge in [-0.05, 0) is 56.7 Å². The summed E-state index contributed by atoms with van der Waals surface area (Å²) in [7, 11) is -4.20. The molecule has 10 heteroatoms. The zero-order valence-corrected chi connectivity index (χ0v) is 23.1. The summed E-state index contributed by atoms with van der Waals surface area (Å²) in [6, 6.07) is 20.3. The van der Waals surface area contributed by atoms with Gasteiger partial charge in [0.25, 0.3) is 10.0 Å². The molecule has 3 aromatic rings. The topological polar surface area (TPSA) is 86.8 Å². The second-order valence-corrected chi connectivity index (χ2v) is 11.5. The zero-order chi connectivity index (χ0) is 27.2. The van der Waals surface area contributed by atoms with Crippen LogP contribution >= 0.6 is 23.2 Å². The Labute approximate surface area is 228 Å². The molecular formula is C27H29Cl2N3O4S. The van der Waals surface area contributed by atoms with Gasteiger partial charge in [0, 0.05) is 17.6 Å². The Balaban J connectivity index is 2.04. The van der Waals surface area contributed by atoms with Crippen molar-refractivity contribution in [3.63, 3.8) is 0 Å². The fraction of sp³-hybridized carbons (Fsp3) is 0.259. The molecule has 0 spiro atoms. The molecule has 1 atom stereocenters. The molecule has 196 valence electrons. The maximum Gasteiger partial charge on any atom is 0.264 e. The highest BCUT2D eigenvalue weighted by Gasteiger charge is 2.33. The molecule has 2 amide bonds. The first-order chi connectivity index (χ1) is 17.5. The van der Waals surface area contributed by atoms with Crippen molar-refractivity contribution < 1.29 is 18.0 Å².